The summed E-state index contributed by atoms with van der Waals surface area (Å²) in [6, 6.07) is 37.5. The number of benzene rings is 6. The number of hydrogen-bond donors (Lipinski definition) is 0. The Morgan fingerprint density at radius 1 is 0.688 bits per heavy atom. The molecule has 1 aliphatic heterocycles. The van der Waals surface area contributed by atoms with E-state index in [1.807, 2.05) is 54.6 Å². The molecule has 0 unspecified atom stereocenters. The van der Waals surface area contributed by atoms with Crippen molar-refractivity contribution < 1.29 is 14.3 Å². The lowest BCUT2D eigenvalue weighted by Crippen LogP contribution is -2.40. The molecule has 8 rings (SSSR count). The van der Waals surface area contributed by atoms with Gasteiger partial charge in [-0.1, -0.05) is 93.3 Å². The largest absolute Gasteiger partial charge is 0.497 e. The maximum absolute atomic E-state index is 13.5. The molecule has 0 N–H and O–H groups in total. The van der Waals surface area contributed by atoms with Crippen molar-refractivity contribution in [2.45, 2.75) is 38.9 Å². The number of allylic oxidation sites excluding steroid dienone is 1. The predicted octanol–water partition coefficient (Wildman–Crippen LogP) is 10.1. The molecular formula is C43H37NO3Si. The fourth-order valence-corrected chi connectivity index (χ4v) is 8.71. The third-order valence-corrected chi connectivity index (χ3v) is 12.2. The van der Waals surface area contributed by atoms with Crippen molar-refractivity contribution in [2.75, 3.05) is 12.0 Å². The van der Waals surface area contributed by atoms with Gasteiger partial charge in [-0.05, 0) is 98.9 Å². The summed E-state index contributed by atoms with van der Waals surface area (Å²) in [5.74, 6) is 0.399. The Kier molecular flexibility index (Phi) is 6.66. The summed E-state index contributed by atoms with van der Waals surface area (Å²) >= 11 is 0. The highest BCUT2D eigenvalue weighted by atomic mass is 28.3. The summed E-state index contributed by atoms with van der Waals surface area (Å²) in [7, 11) is 0.106. The Morgan fingerprint density at radius 2 is 1.33 bits per heavy atom. The lowest BCUT2D eigenvalue weighted by atomic mass is 9.71. The van der Waals surface area contributed by atoms with Gasteiger partial charge in [0.2, 0.25) is 0 Å². The topological polar surface area (TPSA) is 46.6 Å². The molecule has 236 valence electrons. The fraction of sp³-hybridized carbons (Fsp3) is 0.163. The second-order valence-electron chi connectivity index (χ2n) is 14.5. The molecule has 0 atom stereocenters. The molecule has 0 saturated carbocycles. The van der Waals surface area contributed by atoms with Crippen molar-refractivity contribution in [2.24, 2.45) is 0 Å². The Balaban J connectivity index is 1.28. The molecule has 0 amide bonds. The van der Waals surface area contributed by atoms with Crippen LogP contribution >= 0.6 is 0 Å². The standard InChI is InChI=1S/C43H37NO3Si/c1-43(2)37-25-32(48(4,5)6)17-20-38(37)44(30-13-15-31(47-3)16-14-30)39-19-12-29-21-26(11-18-33(29)40(39)43)22-36-41(45)34-23-27-9-7-8-10-28(27)24-35(34)42(36)46/h7-25H,1-6H3. The van der Waals surface area contributed by atoms with E-state index in [9.17, 15) is 9.59 Å². The van der Waals surface area contributed by atoms with Gasteiger partial charge in [-0.2, -0.15) is 0 Å². The number of ketones is 2. The van der Waals surface area contributed by atoms with Gasteiger partial charge >= 0.3 is 0 Å². The first-order valence-electron chi connectivity index (χ1n) is 16.5. The predicted molar refractivity (Wildman–Crippen MR) is 201 cm³/mol. The number of Topliss-reactive ketones (excluding diaryl/α,β-unsaturated/α-hetero) is 2. The van der Waals surface area contributed by atoms with E-state index in [1.54, 1.807) is 13.2 Å². The van der Waals surface area contributed by atoms with Gasteiger partial charge in [0.05, 0.1) is 32.1 Å². The van der Waals surface area contributed by atoms with Crippen molar-refractivity contribution in [1.82, 2.24) is 0 Å². The van der Waals surface area contributed by atoms with E-state index in [4.69, 9.17) is 4.74 Å². The van der Waals surface area contributed by atoms with Crippen LogP contribution in [0.5, 0.6) is 5.75 Å². The van der Waals surface area contributed by atoms with Crippen LogP contribution in [0.3, 0.4) is 0 Å². The smallest absolute Gasteiger partial charge is 0.197 e. The Morgan fingerprint density at radius 3 is 1.96 bits per heavy atom. The highest BCUT2D eigenvalue weighted by molar-refractivity contribution is 6.88. The van der Waals surface area contributed by atoms with Crippen LogP contribution < -0.4 is 14.8 Å². The summed E-state index contributed by atoms with van der Waals surface area (Å²) in [6.07, 6.45) is 1.76. The molecule has 2 aliphatic rings. The average molecular weight is 644 g/mol. The number of methoxy groups -OCH3 is 1. The normalized spacial score (nSPS) is 15.0. The SMILES string of the molecule is COc1ccc(N2c3ccc([Si](C)(C)C)cc3C(C)(C)c3c2ccc2cc(C=C4C(=O)c5cc6ccccc6cc5C4=O)ccc32)cc1. The number of hydrogen-bond acceptors (Lipinski definition) is 4. The van der Waals surface area contributed by atoms with Crippen LogP contribution in [0.1, 0.15) is 51.3 Å². The van der Waals surface area contributed by atoms with E-state index in [0.29, 0.717) is 11.1 Å². The van der Waals surface area contributed by atoms with E-state index >= 15 is 0 Å². The van der Waals surface area contributed by atoms with Crippen molar-refractivity contribution in [3.8, 4) is 5.75 Å². The number of rotatable bonds is 4. The minimum Gasteiger partial charge on any atom is -0.497 e. The molecular weight excluding hydrogens is 607 g/mol. The number of carbonyl (C=O) groups is 2. The molecule has 0 aromatic heterocycles. The van der Waals surface area contributed by atoms with E-state index in [1.165, 1.54) is 22.0 Å². The summed E-state index contributed by atoms with van der Waals surface area (Å²) in [5, 5.41) is 5.57. The van der Waals surface area contributed by atoms with E-state index in [0.717, 1.165) is 44.2 Å². The van der Waals surface area contributed by atoms with Crippen LogP contribution in [-0.2, 0) is 5.41 Å². The Hall–Kier alpha value is -5.26. The van der Waals surface area contributed by atoms with Gasteiger partial charge in [-0.3, -0.25) is 9.59 Å². The molecule has 6 aromatic carbocycles. The van der Waals surface area contributed by atoms with Crippen molar-refractivity contribution in [3.05, 3.63) is 143 Å². The summed E-state index contributed by atoms with van der Waals surface area (Å²) in [5.41, 5.74) is 7.68. The lowest BCUT2D eigenvalue weighted by Gasteiger charge is -2.43. The third-order valence-electron chi connectivity index (χ3n) is 10.2. The molecule has 0 bridgehead atoms. The van der Waals surface area contributed by atoms with Crippen LogP contribution in [0.15, 0.2) is 115 Å². The molecule has 5 heteroatoms. The maximum Gasteiger partial charge on any atom is 0.197 e. The zero-order chi connectivity index (χ0) is 33.5. The van der Waals surface area contributed by atoms with Gasteiger partial charge in [-0.25, -0.2) is 0 Å². The number of fused-ring (bicyclic) bond motifs is 6. The van der Waals surface area contributed by atoms with Crippen molar-refractivity contribution >= 4 is 69.5 Å². The average Bonchev–Trinajstić information content (AvgIpc) is 3.30. The van der Waals surface area contributed by atoms with Gasteiger partial charge in [0.15, 0.2) is 11.6 Å². The monoisotopic (exact) mass is 643 g/mol. The third kappa shape index (κ3) is 4.56. The number of nitrogens with zero attached hydrogens (tertiary/aromatic N) is 1. The number of anilines is 3. The molecule has 0 saturated heterocycles. The van der Waals surface area contributed by atoms with Crippen LogP contribution in [0.25, 0.3) is 27.6 Å². The van der Waals surface area contributed by atoms with Gasteiger partial charge in [0.1, 0.15) is 5.75 Å². The van der Waals surface area contributed by atoms with Gasteiger partial charge in [0.25, 0.3) is 0 Å². The van der Waals surface area contributed by atoms with Crippen LogP contribution in [0.4, 0.5) is 17.1 Å². The molecule has 0 spiro atoms. The second-order valence-corrected chi connectivity index (χ2v) is 19.6. The van der Waals surface area contributed by atoms with Crippen molar-refractivity contribution in [1.29, 1.82) is 0 Å². The summed E-state index contributed by atoms with van der Waals surface area (Å²) in [6.45, 7) is 11.8. The van der Waals surface area contributed by atoms with Gasteiger partial charge in [-0.15, -0.1) is 0 Å². The summed E-state index contributed by atoms with van der Waals surface area (Å²) in [4.78, 5) is 29.4. The molecule has 1 heterocycles. The van der Waals surface area contributed by atoms with Crippen LogP contribution in [-0.4, -0.2) is 26.8 Å². The lowest BCUT2D eigenvalue weighted by molar-refractivity contribution is 0.0990. The molecule has 0 radical (unpaired) electrons. The van der Waals surface area contributed by atoms with E-state index in [-0.39, 0.29) is 22.6 Å². The number of ether oxygens (including phenoxy) is 1. The first-order chi connectivity index (χ1) is 23.0. The van der Waals surface area contributed by atoms with E-state index in [2.05, 4.69) is 93.0 Å². The molecule has 48 heavy (non-hydrogen) atoms. The first-order valence-corrected chi connectivity index (χ1v) is 20.0. The maximum atomic E-state index is 13.5. The van der Waals surface area contributed by atoms with E-state index < -0.39 is 8.07 Å². The van der Waals surface area contributed by atoms with Crippen molar-refractivity contribution in [3.63, 3.8) is 0 Å². The van der Waals surface area contributed by atoms with Crippen LogP contribution in [0, 0.1) is 0 Å². The number of carbonyl (C=O) groups excluding carboxylic acids is 2. The minimum atomic E-state index is -1.59. The minimum absolute atomic E-state index is 0.211. The first kappa shape index (κ1) is 30.1. The summed E-state index contributed by atoms with van der Waals surface area (Å²) < 4.78 is 5.49. The quantitative estimate of drug-likeness (QED) is 0.109. The molecule has 1 aliphatic carbocycles. The molecule has 0 fully saturated rings. The molecule has 6 aromatic rings. The second kappa shape index (κ2) is 10.6. The highest BCUT2D eigenvalue weighted by Crippen LogP contribution is 2.54. The Bertz CT molecular complexity index is 2320. The zero-order valence-electron chi connectivity index (χ0n) is 28.1. The zero-order valence-corrected chi connectivity index (χ0v) is 29.1. The molecule has 4 nitrogen and oxygen atoms in total. The van der Waals surface area contributed by atoms with Gasteiger partial charge in [0, 0.05) is 22.2 Å². The highest BCUT2D eigenvalue weighted by Gasteiger charge is 2.39. The van der Waals surface area contributed by atoms with Gasteiger partial charge < -0.3 is 9.64 Å². The fourth-order valence-electron chi connectivity index (χ4n) is 7.55. The Labute approximate surface area is 282 Å². The van der Waals surface area contributed by atoms with Crippen LogP contribution in [0.2, 0.25) is 19.6 Å².